The molecule has 1 amide bonds. The van der Waals surface area contributed by atoms with Gasteiger partial charge in [0.25, 0.3) is 11.5 Å². The maximum atomic E-state index is 12.7. The summed E-state index contributed by atoms with van der Waals surface area (Å²) in [5.41, 5.74) is 2.67. The molecule has 4 rings (SSSR count). The van der Waals surface area contributed by atoms with Gasteiger partial charge in [0.15, 0.2) is 0 Å². The molecule has 0 saturated heterocycles. The van der Waals surface area contributed by atoms with Gasteiger partial charge in [-0.25, -0.2) is 4.98 Å². The predicted molar refractivity (Wildman–Crippen MR) is 111 cm³/mol. The number of hydrogen-bond donors (Lipinski definition) is 1. The van der Waals surface area contributed by atoms with Crippen molar-refractivity contribution in [2.75, 3.05) is 13.7 Å². The monoisotopic (exact) mass is 409 g/mol. The maximum absolute atomic E-state index is 12.7. The Morgan fingerprint density at radius 1 is 1.24 bits per heavy atom. The topological polar surface area (TPSA) is 75.3 Å². The number of amides is 1. The predicted octanol–water partition coefficient (Wildman–Crippen LogP) is 3.22. The molecule has 1 aromatic heterocycles. The Labute approximate surface area is 173 Å². The van der Waals surface area contributed by atoms with Crippen LogP contribution in [0, 0.1) is 0 Å². The molecule has 2 aromatic carbocycles. The minimum Gasteiger partial charge on any atom is -0.497 e. The number of aromatic amines is 1. The van der Waals surface area contributed by atoms with E-state index in [-0.39, 0.29) is 18.0 Å². The van der Waals surface area contributed by atoms with Gasteiger partial charge < -0.3 is 14.6 Å². The van der Waals surface area contributed by atoms with Crippen molar-refractivity contribution in [3.8, 4) is 5.75 Å². The molecular formula is C22H20ClN3O3. The van der Waals surface area contributed by atoms with Gasteiger partial charge in [-0.1, -0.05) is 23.7 Å². The number of fused-ring (bicyclic) bond motifs is 1. The fourth-order valence-electron chi connectivity index (χ4n) is 3.48. The van der Waals surface area contributed by atoms with Crippen LogP contribution in [0.2, 0.25) is 5.02 Å². The average molecular weight is 410 g/mol. The van der Waals surface area contributed by atoms with Crippen molar-refractivity contribution in [2.45, 2.75) is 19.4 Å². The number of benzene rings is 2. The van der Waals surface area contributed by atoms with Crippen LogP contribution in [0.3, 0.4) is 0 Å². The third-order valence-corrected chi connectivity index (χ3v) is 5.25. The van der Waals surface area contributed by atoms with E-state index in [1.807, 2.05) is 24.3 Å². The molecule has 2 heterocycles. The molecule has 0 bridgehead atoms. The van der Waals surface area contributed by atoms with E-state index in [1.165, 1.54) is 0 Å². The van der Waals surface area contributed by atoms with Gasteiger partial charge in [-0.3, -0.25) is 9.59 Å². The van der Waals surface area contributed by atoms with Crippen molar-refractivity contribution in [3.63, 3.8) is 0 Å². The minimum atomic E-state index is -0.193. The summed E-state index contributed by atoms with van der Waals surface area (Å²) in [6.45, 7) is 0.766. The number of aromatic nitrogens is 2. The molecule has 3 aromatic rings. The summed E-state index contributed by atoms with van der Waals surface area (Å²) < 4.78 is 5.25. The van der Waals surface area contributed by atoms with Gasteiger partial charge in [-0.05, 0) is 42.0 Å². The van der Waals surface area contributed by atoms with Crippen molar-refractivity contribution in [1.29, 1.82) is 0 Å². The summed E-state index contributed by atoms with van der Waals surface area (Å²) in [7, 11) is 1.62. The van der Waals surface area contributed by atoms with Crippen molar-refractivity contribution in [3.05, 3.63) is 92.1 Å². The lowest BCUT2D eigenvalue weighted by atomic mass is 10.0. The molecule has 7 heteroatoms. The lowest BCUT2D eigenvalue weighted by molar-refractivity contribution is 0.0732. The van der Waals surface area contributed by atoms with Gasteiger partial charge >= 0.3 is 0 Å². The molecule has 29 heavy (non-hydrogen) atoms. The lowest BCUT2D eigenvalue weighted by Crippen LogP contribution is -2.39. The fourth-order valence-corrected chi connectivity index (χ4v) is 3.61. The number of nitrogens with one attached hydrogen (secondary N) is 1. The normalized spacial score (nSPS) is 13.1. The summed E-state index contributed by atoms with van der Waals surface area (Å²) >= 11 is 5.89. The summed E-state index contributed by atoms with van der Waals surface area (Å²) in [6, 6.07) is 14.4. The van der Waals surface area contributed by atoms with Crippen molar-refractivity contribution < 1.29 is 9.53 Å². The van der Waals surface area contributed by atoms with Gasteiger partial charge in [-0.15, -0.1) is 0 Å². The molecule has 1 aliphatic rings. The van der Waals surface area contributed by atoms with Crippen molar-refractivity contribution >= 4 is 17.5 Å². The zero-order valence-electron chi connectivity index (χ0n) is 15.9. The first-order valence-corrected chi connectivity index (χ1v) is 9.70. The van der Waals surface area contributed by atoms with Gasteiger partial charge in [0.1, 0.15) is 11.6 Å². The van der Waals surface area contributed by atoms with E-state index in [1.54, 1.807) is 36.3 Å². The van der Waals surface area contributed by atoms with Gasteiger partial charge in [0, 0.05) is 30.0 Å². The first kappa shape index (κ1) is 19.2. The second kappa shape index (κ2) is 8.09. The molecule has 6 nitrogen and oxygen atoms in total. The molecule has 0 saturated carbocycles. The highest BCUT2D eigenvalue weighted by molar-refractivity contribution is 6.30. The second-order valence-corrected chi connectivity index (χ2v) is 7.39. The molecule has 0 aliphatic carbocycles. The van der Waals surface area contributed by atoms with E-state index in [0.717, 1.165) is 17.0 Å². The first-order chi connectivity index (χ1) is 14.0. The molecule has 0 spiro atoms. The number of carbonyl (C=O) groups excluding carboxylic acids is 1. The van der Waals surface area contributed by atoms with Crippen molar-refractivity contribution in [1.82, 2.24) is 14.9 Å². The zero-order valence-corrected chi connectivity index (χ0v) is 16.7. The van der Waals surface area contributed by atoms with Crippen LogP contribution < -0.4 is 10.3 Å². The average Bonchev–Trinajstić information content (AvgIpc) is 2.74. The smallest absolute Gasteiger partial charge is 0.256 e. The molecule has 1 aliphatic heterocycles. The van der Waals surface area contributed by atoms with E-state index >= 15 is 0 Å². The Bertz CT molecular complexity index is 1110. The highest BCUT2D eigenvalue weighted by Crippen LogP contribution is 2.19. The van der Waals surface area contributed by atoms with E-state index in [0.29, 0.717) is 41.4 Å². The van der Waals surface area contributed by atoms with Crippen LogP contribution >= 0.6 is 11.6 Å². The molecule has 0 unspecified atom stereocenters. The Kier molecular flexibility index (Phi) is 5.36. The Hall–Kier alpha value is -3.12. The third kappa shape index (κ3) is 4.17. The highest BCUT2D eigenvalue weighted by Gasteiger charge is 2.25. The Morgan fingerprint density at radius 3 is 2.79 bits per heavy atom. The van der Waals surface area contributed by atoms with E-state index in [4.69, 9.17) is 16.3 Å². The standard InChI is InChI=1S/C22H20ClN3O3/c1-29-17-4-2-3-14(11-17)12-20-24-19-9-10-26(13-18(19)21(27)25-20)22(28)15-5-7-16(23)8-6-15/h2-8,11H,9-10,12-13H2,1H3,(H,24,25,27). The minimum absolute atomic E-state index is 0.118. The highest BCUT2D eigenvalue weighted by atomic mass is 35.5. The number of hydrogen-bond acceptors (Lipinski definition) is 4. The number of carbonyl (C=O) groups is 1. The quantitative estimate of drug-likeness (QED) is 0.717. The first-order valence-electron chi connectivity index (χ1n) is 9.32. The lowest BCUT2D eigenvalue weighted by Gasteiger charge is -2.28. The molecule has 0 fully saturated rings. The zero-order chi connectivity index (χ0) is 20.4. The van der Waals surface area contributed by atoms with Gasteiger partial charge in [-0.2, -0.15) is 0 Å². The summed E-state index contributed by atoms with van der Waals surface area (Å²) in [6.07, 6.45) is 1.05. The van der Waals surface area contributed by atoms with E-state index in [9.17, 15) is 9.59 Å². The fraction of sp³-hybridized carbons (Fsp3) is 0.227. The Balaban J connectivity index is 1.54. The van der Waals surface area contributed by atoms with Crippen LogP contribution in [-0.4, -0.2) is 34.4 Å². The molecule has 0 atom stereocenters. The summed E-state index contributed by atoms with van der Waals surface area (Å²) in [4.78, 5) is 34.6. The molecular weight excluding hydrogens is 390 g/mol. The summed E-state index contributed by atoms with van der Waals surface area (Å²) in [5.74, 6) is 1.26. The van der Waals surface area contributed by atoms with Crippen LogP contribution in [-0.2, 0) is 19.4 Å². The number of halogens is 1. The number of nitrogens with zero attached hydrogens (tertiary/aromatic N) is 2. The van der Waals surface area contributed by atoms with Gasteiger partial charge in [0.2, 0.25) is 0 Å². The SMILES string of the molecule is COc1cccc(Cc2nc3c(c(=O)[nH]2)CN(C(=O)c2ccc(Cl)cc2)CC3)c1. The molecule has 0 radical (unpaired) electrons. The number of ether oxygens (including phenoxy) is 1. The third-order valence-electron chi connectivity index (χ3n) is 5.00. The number of rotatable bonds is 4. The number of H-pyrrole nitrogens is 1. The van der Waals surface area contributed by atoms with Crippen LogP contribution in [0.1, 0.15) is 33.0 Å². The van der Waals surface area contributed by atoms with E-state index < -0.39 is 0 Å². The molecule has 1 N–H and O–H groups in total. The van der Waals surface area contributed by atoms with Crippen LogP contribution in [0.25, 0.3) is 0 Å². The van der Waals surface area contributed by atoms with E-state index in [2.05, 4.69) is 9.97 Å². The number of methoxy groups -OCH3 is 1. The second-order valence-electron chi connectivity index (χ2n) is 6.95. The van der Waals surface area contributed by atoms with Crippen LogP contribution in [0.15, 0.2) is 53.3 Å². The van der Waals surface area contributed by atoms with Gasteiger partial charge in [0.05, 0.1) is 24.9 Å². The van der Waals surface area contributed by atoms with Crippen LogP contribution in [0.5, 0.6) is 5.75 Å². The van der Waals surface area contributed by atoms with Crippen molar-refractivity contribution in [2.24, 2.45) is 0 Å². The summed E-state index contributed by atoms with van der Waals surface area (Å²) in [5, 5.41) is 0.578. The largest absolute Gasteiger partial charge is 0.497 e. The Morgan fingerprint density at radius 2 is 2.03 bits per heavy atom. The molecule has 148 valence electrons. The van der Waals surface area contributed by atoms with Crippen LogP contribution in [0.4, 0.5) is 0 Å². The maximum Gasteiger partial charge on any atom is 0.256 e.